The van der Waals surface area contributed by atoms with Crippen molar-refractivity contribution in [3.05, 3.63) is 65.1 Å². The Bertz CT molecular complexity index is 1060. The summed E-state index contributed by atoms with van der Waals surface area (Å²) in [7, 11) is 0. The molecule has 3 heterocycles. The van der Waals surface area contributed by atoms with Crippen molar-refractivity contribution in [2.24, 2.45) is 0 Å². The molecule has 4 rings (SSSR count). The first-order valence-electron chi connectivity index (χ1n) is 9.76. The zero-order valence-electron chi connectivity index (χ0n) is 16.4. The molecule has 0 radical (unpaired) electrons. The van der Waals surface area contributed by atoms with E-state index in [1.807, 2.05) is 0 Å². The third kappa shape index (κ3) is 4.66. The molecular formula is C21H19ClF3N5O. The smallest absolute Gasteiger partial charge is 0.357 e. The standard InChI is InChI=1S/C21H19ClF3N5O/c22-14-4-7-16(8-5-14)30-19(21(23,24)25)17(13-27-30)20(31)28-15-6-9-18(26-12-15)29-10-2-1-3-11-29/h4-9,12-13H,1-3,10-11H2,(H,28,31). The molecule has 0 bridgehead atoms. The van der Waals surface area contributed by atoms with Gasteiger partial charge < -0.3 is 10.2 Å². The van der Waals surface area contributed by atoms with Crippen LogP contribution in [-0.2, 0) is 6.18 Å². The maximum Gasteiger partial charge on any atom is 0.434 e. The number of carbonyl (C=O) groups is 1. The van der Waals surface area contributed by atoms with Crippen molar-refractivity contribution in [1.82, 2.24) is 14.8 Å². The highest BCUT2D eigenvalue weighted by molar-refractivity contribution is 6.30. The largest absolute Gasteiger partial charge is 0.434 e. The fourth-order valence-corrected chi connectivity index (χ4v) is 3.66. The van der Waals surface area contributed by atoms with Gasteiger partial charge in [0.2, 0.25) is 0 Å². The van der Waals surface area contributed by atoms with Crippen LogP contribution in [0.3, 0.4) is 0 Å². The summed E-state index contributed by atoms with van der Waals surface area (Å²) in [5, 5.41) is 6.65. The van der Waals surface area contributed by atoms with Crippen LogP contribution in [0, 0.1) is 0 Å². The topological polar surface area (TPSA) is 63.1 Å². The number of amides is 1. The van der Waals surface area contributed by atoms with Gasteiger partial charge in [0.15, 0.2) is 5.69 Å². The molecule has 1 saturated heterocycles. The van der Waals surface area contributed by atoms with E-state index in [9.17, 15) is 18.0 Å². The maximum absolute atomic E-state index is 13.8. The van der Waals surface area contributed by atoms with Gasteiger partial charge in [-0.1, -0.05) is 11.6 Å². The van der Waals surface area contributed by atoms with Crippen molar-refractivity contribution in [2.45, 2.75) is 25.4 Å². The average Bonchev–Trinajstić information content (AvgIpc) is 3.21. The monoisotopic (exact) mass is 449 g/mol. The number of nitrogens with zero attached hydrogens (tertiary/aromatic N) is 4. The summed E-state index contributed by atoms with van der Waals surface area (Å²) >= 11 is 5.81. The second-order valence-corrected chi connectivity index (χ2v) is 7.64. The number of pyridine rings is 1. The summed E-state index contributed by atoms with van der Waals surface area (Å²) in [5.74, 6) is -0.135. The van der Waals surface area contributed by atoms with E-state index in [0.29, 0.717) is 15.4 Å². The molecule has 1 amide bonds. The lowest BCUT2D eigenvalue weighted by molar-refractivity contribution is -0.143. The normalized spacial score (nSPS) is 14.5. The first-order chi connectivity index (χ1) is 14.8. The van der Waals surface area contributed by atoms with Crippen LogP contribution in [0.15, 0.2) is 48.8 Å². The number of piperidine rings is 1. The van der Waals surface area contributed by atoms with Crippen molar-refractivity contribution in [2.75, 3.05) is 23.3 Å². The number of halogens is 4. The molecule has 1 N–H and O–H groups in total. The van der Waals surface area contributed by atoms with Gasteiger partial charge >= 0.3 is 6.18 Å². The predicted octanol–water partition coefficient (Wildman–Crippen LogP) is 5.18. The van der Waals surface area contributed by atoms with Gasteiger partial charge in [-0.25, -0.2) is 9.67 Å². The zero-order chi connectivity index (χ0) is 22.0. The van der Waals surface area contributed by atoms with Crippen LogP contribution >= 0.6 is 11.6 Å². The fraction of sp³-hybridized carbons (Fsp3) is 0.286. The van der Waals surface area contributed by atoms with Gasteiger partial charge in [0, 0.05) is 18.1 Å². The average molecular weight is 450 g/mol. The second kappa shape index (κ2) is 8.58. The van der Waals surface area contributed by atoms with Crippen LogP contribution in [-0.4, -0.2) is 33.8 Å². The molecule has 10 heteroatoms. The van der Waals surface area contributed by atoms with E-state index in [-0.39, 0.29) is 5.69 Å². The Kier molecular flexibility index (Phi) is 5.86. The van der Waals surface area contributed by atoms with Crippen LogP contribution in [0.5, 0.6) is 0 Å². The van der Waals surface area contributed by atoms with Crippen LogP contribution in [0.25, 0.3) is 5.69 Å². The number of aromatic nitrogens is 3. The van der Waals surface area contributed by atoms with E-state index < -0.39 is 23.3 Å². The molecule has 0 atom stereocenters. The minimum atomic E-state index is -4.79. The molecule has 3 aromatic rings. The summed E-state index contributed by atoms with van der Waals surface area (Å²) in [6.45, 7) is 1.83. The molecule has 0 saturated carbocycles. The minimum Gasteiger partial charge on any atom is -0.357 e. The van der Waals surface area contributed by atoms with Gasteiger partial charge in [0.1, 0.15) is 5.82 Å². The zero-order valence-corrected chi connectivity index (χ0v) is 17.1. The first-order valence-corrected chi connectivity index (χ1v) is 10.1. The molecule has 0 spiro atoms. The lowest BCUT2D eigenvalue weighted by Gasteiger charge is -2.27. The number of anilines is 2. The lowest BCUT2D eigenvalue weighted by atomic mass is 10.1. The van der Waals surface area contributed by atoms with Crippen LogP contribution in [0.2, 0.25) is 5.02 Å². The van der Waals surface area contributed by atoms with Crippen molar-refractivity contribution in [3.8, 4) is 5.69 Å². The van der Waals surface area contributed by atoms with E-state index in [1.54, 1.807) is 12.1 Å². The highest BCUT2D eigenvalue weighted by atomic mass is 35.5. The molecule has 1 aliphatic heterocycles. The molecule has 6 nitrogen and oxygen atoms in total. The number of benzene rings is 1. The summed E-state index contributed by atoms with van der Waals surface area (Å²) in [5.41, 5.74) is -1.30. The molecule has 1 aliphatic rings. The fourth-order valence-electron chi connectivity index (χ4n) is 3.53. The molecule has 1 fully saturated rings. The Morgan fingerprint density at radius 3 is 2.32 bits per heavy atom. The molecule has 0 aliphatic carbocycles. The Morgan fingerprint density at radius 2 is 1.71 bits per heavy atom. The van der Waals surface area contributed by atoms with Crippen molar-refractivity contribution in [1.29, 1.82) is 0 Å². The van der Waals surface area contributed by atoms with Gasteiger partial charge in [0.05, 0.1) is 29.3 Å². The Morgan fingerprint density at radius 1 is 1.00 bits per heavy atom. The van der Waals surface area contributed by atoms with Crippen LogP contribution < -0.4 is 10.2 Å². The minimum absolute atomic E-state index is 0.142. The molecule has 0 unspecified atom stereocenters. The molecule has 2 aromatic heterocycles. The quantitative estimate of drug-likeness (QED) is 0.596. The summed E-state index contributed by atoms with van der Waals surface area (Å²) in [4.78, 5) is 19.1. The number of hydrogen-bond acceptors (Lipinski definition) is 4. The lowest BCUT2D eigenvalue weighted by Crippen LogP contribution is -2.30. The first kappa shape index (κ1) is 21.2. The van der Waals surface area contributed by atoms with Crippen LogP contribution in [0.1, 0.15) is 35.3 Å². The molecule has 31 heavy (non-hydrogen) atoms. The number of alkyl halides is 3. The van der Waals surface area contributed by atoms with Gasteiger partial charge in [-0.15, -0.1) is 0 Å². The third-order valence-corrected chi connectivity index (χ3v) is 5.29. The summed E-state index contributed by atoms with van der Waals surface area (Å²) < 4.78 is 42.0. The van der Waals surface area contributed by atoms with Gasteiger partial charge in [0.25, 0.3) is 5.91 Å². The number of carbonyl (C=O) groups excluding carboxylic acids is 1. The Hall–Kier alpha value is -3.07. The summed E-state index contributed by atoms with van der Waals surface area (Å²) in [6, 6.07) is 9.08. The van der Waals surface area contributed by atoms with Crippen molar-refractivity contribution in [3.63, 3.8) is 0 Å². The van der Waals surface area contributed by atoms with Crippen molar-refractivity contribution >= 4 is 29.0 Å². The maximum atomic E-state index is 13.8. The third-order valence-electron chi connectivity index (χ3n) is 5.04. The van der Waals surface area contributed by atoms with Crippen LogP contribution in [0.4, 0.5) is 24.7 Å². The highest BCUT2D eigenvalue weighted by Crippen LogP contribution is 2.34. The Labute approximate surface area is 181 Å². The van der Waals surface area contributed by atoms with Gasteiger partial charge in [-0.05, 0) is 55.7 Å². The molecular weight excluding hydrogens is 431 g/mol. The van der Waals surface area contributed by atoms with E-state index in [1.165, 1.54) is 36.9 Å². The predicted molar refractivity (Wildman–Crippen MR) is 112 cm³/mol. The van der Waals surface area contributed by atoms with E-state index in [2.05, 4.69) is 20.3 Å². The van der Waals surface area contributed by atoms with Gasteiger partial charge in [-0.2, -0.15) is 18.3 Å². The van der Waals surface area contributed by atoms with Gasteiger partial charge in [-0.3, -0.25) is 4.79 Å². The van der Waals surface area contributed by atoms with E-state index in [0.717, 1.165) is 37.9 Å². The highest BCUT2D eigenvalue weighted by Gasteiger charge is 2.40. The SMILES string of the molecule is O=C(Nc1ccc(N2CCCCC2)nc1)c1cnn(-c2ccc(Cl)cc2)c1C(F)(F)F. The number of hydrogen-bond donors (Lipinski definition) is 1. The van der Waals surface area contributed by atoms with Crippen molar-refractivity contribution < 1.29 is 18.0 Å². The van der Waals surface area contributed by atoms with E-state index in [4.69, 9.17) is 11.6 Å². The Balaban J connectivity index is 1.57. The number of nitrogens with one attached hydrogen (secondary N) is 1. The molecule has 162 valence electrons. The van der Waals surface area contributed by atoms with E-state index >= 15 is 0 Å². The molecule has 1 aromatic carbocycles. The number of rotatable bonds is 4. The second-order valence-electron chi connectivity index (χ2n) is 7.20. The summed E-state index contributed by atoms with van der Waals surface area (Å²) in [6.07, 6.45) is 0.937.